The van der Waals surface area contributed by atoms with E-state index in [4.69, 9.17) is 28.6 Å². The molecule has 0 aliphatic carbocycles. The van der Waals surface area contributed by atoms with Crippen molar-refractivity contribution >= 4 is 52.5 Å². The summed E-state index contributed by atoms with van der Waals surface area (Å²) in [5.74, 6) is -0.353. The van der Waals surface area contributed by atoms with Crippen molar-refractivity contribution in [2.24, 2.45) is 0 Å². The molecule has 1 fully saturated rings. The normalized spacial score (nSPS) is 15.2. The Morgan fingerprint density at radius 2 is 1.61 bits per heavy atom. The molecule has 0 atom stereocenters. The first-order valence-electron chi connectivity index (χ1n) is 9.46. The van der Waals surface area contributed by atoms with E-state index in [2.05, 4.69) is 5.32 Å². The molecule has 3 aromatic rings. The number of para-hydroxylation sites is 1. The van der Waals surface area contributed by atoms with Crippen LogP contribution in [0.1, 0.15) is 11.1 Å². The van der Waals surface area contributed by atoms with E-state index in [-0.39, 0.29) is 10.7 Å². The Kier molecular flexibility index (Phi) is 6.11. The fourth-order valence-corrected chi connectivity index (χ4v) is 3.54. The minimum Gasteiger partial charge on any atom is -0.489 e. The number of benzene rings is 3. The molecule has 1 heterocycles. The number of rotatable bonds is 5. The van der Waals surface area contributed by atoms with Crippen LogP contribution < -0.4 is 15.0 Å². The van der Waals surface area contributed by atoms with Crippen LogP contribution >= 0.6 is 23.8 Å². The summed E-state index contributed by atoms with van der Waals surface area (Å²) in [6.45, 7) is 0.338. The first-order chi connectivity index (χ1) is 15.0. The number of halogens is 1. The molecule has 2 amide bonds. The molecule has 3 aromatic carbocycles. The number of carbonyl (C=O) groups is 2. The summed E-state index contributed by atoms with van der Waals surface area (Å²) in [6.07, 6.45) is 1.53. The number of hydrogen-bond donors (Lipinski definition) is 1. The Labute approximate surface area is 189 Å². The second-order valence-electron chi connectivity index (χ2n) is 6.74. The monoisotopic (exact) mass is 448 g/mol. The smallest absolute Gasteiger partial charge is 0.270 e. The first-order valence-corrected chi connectivity index (χ1v) is 10.2. The van der Waals surface area contributed by atoms with E-state index in [1.54, 1.807) is 48.5 Å². The SMILES string of the molecule is O=C1NC(=S)N(c2ccccc2)C(=O)/C1=C\c1ccc(OCc2ccccc2Cl)cc1. The topological polar surface area (TPSA) is 58.6 Å². The summed E-state index contributed by atoms with van der Waals surface area (Å²) >= 11 is 11.3. The van der Waals surface area contributed by atoms with E-state index < -0.39 is 11.8 Å². The number of nitrogens with one attached hydrogen (secondary N) is 1. The Hall–Kier alpha value is -3.48. The molecule has 0 radical (unpaired) electrons. The van der Waals surface area contributed by atoms with Crippen LogP contribution in [-0.2, 0) is 16.2 Å². The number of anilines is 1. The lowest BCUT2D eigenvalue weighted by Crippen LogP contribution is -2.54. The van der Waals surface area contributed by atoms with Crippen molar-refractivity contribution in [1.29, 1.82) is 0 Å². The van der Waals surface area contributed by atoms with Crippen LogP contribution in [0.25, 0.3) is 6.08 Å². The van der Waals surface area contributed by atoms with Gasteiger partial charge >= 0.3 is 0 Å². The number of ether oxygens (including phenoxy) is 1. The highest BCUT2D eigenvalue weighted by molar-refractivity contribution is 7.80. The van der Waals surface area contributed by atoms with Gasteiger partial charge in [-0.1, -0.05) is 60.1 Å². The molecule has 154 valence electrons. The van der Waals surface area contributed by atoms with Crippen molar-refractivity contribution in [3.63, 3.8) is 0 Å². The molecule has 1 saturated heterocycles. The fraction of sp³-hybridized carbons (Fsp3) is 0.0417. The Bertz CT molecular complexity index is 1180. The van der Waals surface area contributed by atoms with Crippen molar-refractivity contribution in [2.45, 2.75) is 6.61 Å². The Morgan fingerprint density at radius 1 is 0.935 bits per heavy atom. The number of thiocarbonyl (C=S) groups is 1. The van der Waals surface area contributed by atoms with Crippen molar-refractivity contribution in [2.75, 3.05) is 4.90 Å². The molecule has 0 bridgehead atoms. The zero-order valence-corrected chi connectivity index (χ0v) is 17.8. The number of hydrogen-bond acceptors (Lipinski definition) is 4. The van der Waals surface area contributed by atoms with E-state index in [9.17, 15) is 9.59 Å². The van der Waals surface area contributed by atoms with Gasteiger partial charge in [0.05, 0.1) is 5.69 Å². The lowest BCUT2D eigenvalue weighted by atomic mass is 10.1. The van der Waals surface area contributed by atoms with E-state index in [1.807, 2.05) is 30.3 Å². The van der Waals surface area contributed by atoms with Crippen LogP contribution in [0.15, 0.2) is 84.4 Å². The van der Waals surface area contributed by atoms with Crippen LogP contribution in [0.5, 0.6) is 5.75 Å². The summed E-state index contributed by atoms with van der Waals surface area (Å²) in [5, 5.41) is 3.28. The highest BCUT2D eigenvalue weighted by Crippen LogP contribution is 2.23. The van der Waals surface area contributed by atoms with E-state index >= 15 is 0 Å². The Balaban J connectivity index is 1.52. The predicted molar refractivity (Wildman–Crippen MR) is 125 cm³/mol. The summed E-state index contributed by atoms with van der Waals surface area (Å²) < 4.78 is 5.77. The Morgan fingerprint density at radius 3 is 2.32 bits per heavy atom. The van der Waals surface area contributed by atoms with E-state index in [1.165, 1.54) is 11.0 Å². The minimum atomic E-state index is -0.527. The van der Waals surface area contributed by atoms with Gasteiger partial charge in [-0.05, 0) is 54.2 Å². The maximum Gasteiger partial charge on any atom is 0.270 e. The first kappa shape index (κ1) is 20.8. The molecule has 5 nitrogen and oxygen atoms in total. The molecule has 31 heavy (non-hydrogen) atoms. The highest BCUT2D eigenvalue weighted by Gasteiger charge is 2.34. The van der Waals surface area contributed by atoms with Crippen LogP contribution in [0.4, 0.5) is 5.69 Å². The third-order valence-corrected chi connectivity index (χ3v) is 5.31. The number of amides is 2. The van der Waals surface area contributed by atoms with E-state index in [0.29, 0.717) is 28.6 Å². The standard InChI is InChI=1S/C24H17ClN2O3S/c25-21-9-5-4-6-17(21)15-30-19-12-10-16(11-13-19)14-20-22(28)26-24(31)27(23(20)29)18-7-2-1-3-8-18/h1-14H,15H2,(H,26,28,31)/b20-14-. The molecular weight excluding hydrogens is 432 g/mol. The summed E-state index contributed by atoms with van der Waals surface area (Å²) in [6, 6.07) is 23.5. The van der Waals surface area contributed by atoms with Gasteiger partial charge in [0.2, 0.25) is 0 Å². The van der Waals surface area contributed by atoms with Gasteiger partial charge in [-0.15, -0.1) is 0 Å². The van der Waals surface area contributed by atoms with Gasteiger partial charge in [0.25, 0.3) is 11.8 Å². The molecule has 7 heteroatoms. The van der Waals surface area contributed by atoms with Crippen molar-refractivity contribution in [1.82, 2.24) is 5.32 Å². The van der Waals surface area contributed by atoms with Gasteiger partial charge in [0, 0.05) is 10.6 Å². The maximum atomic E-state index is 13.0. The van der Waals surface area contributed by atoms with Crippen LogP contribution in [0, 0.1) is 0 Å². The quantitative estimate of drug-likeness (QED) is 0.347. The van der Waals surface area contributed by atoms with E-state index in [0.717, 1.165) is 5.56 Å². The van der Waals surface area contributed by atoms with Crippen molar-refractivity contribution in [3.8, 4) is 5.75 Å². The van der Waals surface area contributed by atoms with Gasteiger partial charge in [0.15, 0.2) is 5.11 Å². The zero-order valence-electron chi connectivity index (χ0n) is 16.2. The van der Waals surface area contributed by atoms with Gasteiger partial charge < -0.3 is 4.74 Å². The van der Waals surface area contributed by atoms with Gasteiger partial charge in [0.1, 0.15) is 17.9 Å². The lowest BCUT2D eigenvalue weighted by molar-refractivity contribution is -0.122. The third kappa shape index (κ3) is 4.66. The number of carbonyl (C=O) groups excluding carboxylic acids is 2. The second kappa shape index (κ2) is 9.12. The van der Waals surface area contributed by atoms with Crippen LogP contribution in [0.2, 0.25) is 5.02 Å². The molecule has 1 N–H and O–H groups in total. The molecule has 1 aliphatic rings. The highest BCUT2D eigenvalue weighted by atomic mass is 35.5. The average molecular weight is 449 g/mol. The number of nitrogens with zero attached hydrogens (tertiary/aromatic N) is 1. The average Bonchev–Trinajstić information content (AvgIpc) is 2.77. The summed E-state index contributed by atoms with van der Waals surface area (Å²) in [5.41, 5.74) is 2.16. The van der Waals surface area contributed by atoms with Crippen molar-refractivity contribution in [3.05, 3.63) is 101 Å². The predicted octanol–water partition coefficient (Wildman–Crippen LogP) is 4.75. The zero-order chi connectivity index (χ0) is 21.8. The molecule has 0 aromatic heterocycles. The van der Waals surface area contributed by atoms with Crippen molar-refractivity contribution < 1.29 is 14.3 Å². The third-order valence-electron chi connectivity index (χ3n) is 4.66. The summed E-state index contributed by atoms with van der Waals surface area (Å²) in [7, 11) is 0. The molecule has 0 unspecified atom stereocenters. The second-order valence-corrected chi connectivity index (χ2v) is 7.54. The van der Waals surface area contributed by atoms with Gasteiger partial charge in [-0.25, -0.2) is 0 Å². The molecule has 1 aliphatic heterocycles. The largest absolute Gasteiger partial charge is 0.489 e. The van der Waals surface area contributed by atoms with Crippen LogP contribution in [-0.4, -0.2) is 16.9 Å². The lowest BCUT2D eigenvalue weighted by Gasteiger charge is -2.28. The molecule has 0 saturated carbocycles. The minimum absolute atomic E-state index is 0.00203. The molecule has 0 spiro atoms. The maximum absolute atomic E-state index is 13.0. The van der Waals surface area contributed by atoms with Crippen LogP contribution in [0.3, 0.4) is 0 Å². The fourth-order valence-electron chi connectivity index (χ4n) is 3.07. The van der Waals surface area contributed by atoms with Gasteiger partial charge in [-0.2, -0.15) is 0 Å². The molecule has 4 rings (SSSR count). The van der Waals surface area contributed by atoms with Gasteiger partial charge in [-0.3, -0.25) is 19.8 Å². The summed E-state index contributed by atoms with van der Waals surface area (Å²) in [4.78, 5) is 26.7. The molecular formula is C24H17ClN2O3S.